The summed E-state index contributed by atoms with van der Waals surface area (Å²) in [5, 5.41) is 0. The number of hydrogen-bond donors (Lipinski definition) is 0. The van der Waals surface area contributed by atoms with E-state index in [1.807, 2.05) is 0 Å². The fourth-order valence-electron chi connectivity index (χ4n) is 3.41. The zero-order chi connectivity index (χ0) is 14.4. The molecule has 2 saturated heterocycles. The number of fused-ring (bicyclic) bond motifs is 1. The van der Waals surface area contributed by atoms with Crippen LogP contribution in [0.15, 0.2) is 0 Å². The minimum atomic E-state index is -2.85. The number of hydrogen-bond acceptors (Lipinski definition) is 4. The Hall–Kier alpha value is 0.110. The molecule has 0 amide bonds. The molecule has 0 spiro atoms. The monoisotopic (exact) mass is 303 g/mol. The maximum absolute atomic E-state index is 12.2. The molecule has 0 aromatic carbocycles. The van der Waals surface area contributed by atoms with Gasteiger partial charge < -0.3 is 13.9 Å². The van der Waals surface area contributed by atoms with Crippen molar-refractivity contribution < 1.29 is 13.6 Å². The quantitative estimate of drug-likeness (QED) is 0.528. The van der Waals surface area contributed by atoms with Gasteiger partial charge in [0.2, 0.25) is 0 Å². The van der Waals surface area contributed by atoms with Crippen molar-refractivity contribution in [3.8, 4) is 0 Å². The van der Waals surface area contributed by atoms with E-state index in [0.717, 1.165) is 12.8 Å². The van der Waals surface area contributed by atoms with Gasteiger partial charge in [-0.15, -0.1) is 0 Å². The van der Waals surface area contributed by atoms with E-state index >= 15 is 0 Å². The van der Waals surface area contributed by atoms with Crippen molar-refractivity contribution in [3.63, 3.8) is 0 Å². The Bertz CT molecular complexity index is 335. The average molecular weight is 303 g/mol. The van der Waals surface area contributed by atoms with E-state index in [0.29, 0.717) is 25.2 Å². The Labute approximate surface area is 123 Å². The number of nitrogens with zero attached hydrogens (tertiary/aromatic N) is 1. The van der Waals surface area contributed by atoms with Crippen LogP contribution in [-0.2, 0) is 13.6 Å². The van der Waals surface area contributed by atoms with Crippen molar-refractivity contribution in [2.24, 2.45) is 5.92 Å². The molecule has 2 rings (SSSR count). The Morgan fingerprint density at radius 3 is 2.75 bits per heavy atom. The van der Waals surface area contributed by atoms with Crippen LogP contribution in [0.25, 0.3) is 0 Å². The first-order valence-corrected chi connectivity index (χ1v) is 10.2. The Balaban J connectivity index is 1.78. The van der Waals surface area contributed by atoms with Crippen molar-refractivity contribution in [2.45, 2.75) is 57.9 Å². The Kier molecular flexibility index (Phi) is 6.54. The summed E-state index contributed by atoms with van der Waals surface area (Å²) in [6.07, 6.45) is 8.38. The molecule has 5 heteroatoms. The standard InChI is InChI=1S/C15H30NO3P/c1-3-4-12-18-20(2,17)19-13-14-8-7-11-16-10-6-5-9-15(14)16/h14-15H,3-13H2,1-2H3/t14-,15-,20-/m1/s1. The third-order valence-electron chi connectivity index (χ3n) is 4.58. The van der Waals surface area contributed by atoms with Gasteiger partial charge in [-0.25, -0.2) is 0 Å². The highest BCUT2D eigenvalue weighted by Gasteiger charge is 2.34. The van der Waals surface area contributed by atoms with E-state index in [1.165, 1.54) is 45.2 Å². The highest BCUT2D eigenvalue weighted by Crippen LogP contribution is 2.45. The molecule has 0 aromatic rings. The molecule has 2 heterocycles. The maximum atomic E-state index is 12.2. The molecular formula is C15H30NO3P. The summed E-state index contributed by atoms with van der Waals surface area (Å²) in [4.78, 5) is 2.61. The van der Waals surface area contributed by atoms with Crippen LogP contribution in [0.4, 0.5) is 0 Å². The first-order chi connectivity index (χ1) is 9.62. The highest BCUT2D eigenvalue weighted by molar-refractivity contribution is 7.52. The lowest BCUT2D eigenvalue weighted by molar-refractivity contribution is 0.0329. The van der Waals surface area contributed by atoms with Gasteiger partial charge in [-0.1, -0.05) is 19.8 Å². The molecule has 0 aromatic heterocycles. The molecule has 0 saturated carbocycles. The van der Waals surface area contributed by atoms with Crippen molar-refractivity contribution in [1.29, 1.82) is 0 Å². The van der Waals surface area contributed by atoms with Crippen LogP contribution >= 0.6 is 7.60 Å². The van der Waals surface area contributed by atoms with Crippen molar-refractivity contribution >= 4 is 7.60 Å². The fraction of sp³-hybridized carbons (Fsp3) is 1.00. The normalized spacial score (nSPS) is 30.7. The van der Waals surface area contributed by atoms with Crippen molar-refractivity contribution in [3.05, 3.63) is 0 Å². The molecule has 2 aliphatic heterocycles. The zero-order valence-electron chi connectivity index (χ0n) is 13.1. The summed E-state index contributed by atoms with van der Waals surface area (Å²) in [7, 11) is -2.85. The third kappa shape index (κ3) is 4.84. The maximum Gasteiger partial charge on any atom is 0.327 e. The summed E-state index contributed by atoms with van der Waals surface area (Å²) >= 11 is 0. The predicted octanol–water partition coefficient (Wildman–Crippen LogP) is 3.91. The van der Waals surface area contributed by atoms with E-state index in [1.54, 1.807) is 6.66 Å². The van der Waals surface area contributed by atoms with E-state index in [4.69, 9.17) is 9.05 Å². The van der Waals surface area contributed by atoms with E-state index in [9.17, 15) is 4.57 Å². The summed E-state index contributed by atoms with van der Waals surface area (Å²) in [5.74, 6) is 0.534. The number of unbranched alkanes of at least 4 members (excludes halogenated alkanes) is 1. The van der Waals surface area contributed by atoms with Crippen LogP contribution < -0.4 is 0 Å². The van der Waals surface area contributed by atoms with Gasteiger partial charge in [0.1, 0.15) is 0 Å². The van der Waals surface area contributed by atoms with Crippen LogP contribution in [0.3, 0.4) is 0 Å². The summed E-state index contributed by atoms with van der Waals surface area (Å²) < 4.78 is 23.3. The third-order valence-corrected chi connectivity index (χ3v) is 5.85. The minimum absolute atomic E-state index is 0.534. The van der Waals surface area contributed by atoms with E-state index in [-0.39, 0.29) is 0 Å². The smallest absolute Gasteiger partial charge is 0.309 e. The summed E-state index contributed by atoms with van der Waals surface area (Å²) in [6.45, 7) is 7.33. The van der Waals surface area contributed by atoms with Gasteiger partial charge in [-0.2, -0.15) is 0 Å². The number of piperidine rings is 2. The lowest BCUT2D eigenvalue weighted by Gasteiger charge is -2.44. The molecule has 0 N–H and O–H groups in total. The van der Waals surface area contributed by atoms with Gasteiger partial charge in [-0.3, -0.25) is 4.57 Å². The lowest BCUT2D eigenvalue weighted by atomic mass is 9.84. The fourth-order valence-corrected chi connectivity index (χ4v) is 4.41. The first kappa shape index (κ1) is 16.5. The molecular weight excluding hydrogens is 273 g/mol. The Morgan fingerprint density at radius 2 is 1.95 bits per heavy atom. The molecule has 20 heavy (non-hydrogen) atoms. The van der Waals surface area contributed by atoms with Gasteiger partial charge in [0.15, 0.2) is 0 Å². The molecule has 118 valence electrons. The summed E-state index contributed by atoms with van der Waals surface area (Å²) in [6, 6.07) is 0.646. The highest BCUT2D eigenvalue weighted by atomic mass is 31.2. The van der Waals surface area contributed by atoms with Crippen molar-refractivity contribution in [1.82, 2.24) is 4.90 Å². The molecule has 2 aliphatic rings. The molecule has 0 bridgehead atoms. The second-order valence-electron chi connectivity index (χ2n) is 6.26. The van der Waals surface area contributed by atoms with Crippen molar-refractivity contribution in [2.75, 3.05) is 33.0 Å². The van der Waals surface area contributed by atoms with Gasteiger partial charge in [0.25, 0.3) is 0 Å². The first-order valence-electron chi connectivity index (χ1n) is 8.23. The van der Waals surface area contributed by atoms with Crippen LogP contribution in [-0.4, -0.2) is 43.9 Å². The molecule has 2 fully saturated rings. The van der Waals surface area contributed by atoms with Gasteiger partial charge in [0.05, 0.1) is 13.2 Å². The number of rotatable bonds is 7. The second-order valence-corrected chi connectivity index (χ2v) is 8.31. The second kappa shape index (κ2) is 7.93. The van der Waals surface area contributed by atoms with Gasteiger partial charge in [-0.05, 0) is 51.1 Å². The predicted molar refractivity (Wildman–Crippen MR) is 82.3 cm³/mol. The van der Waals surface area contributed by atoms with Crippen LogP contribution in [0.5, 0.6) is 0 Å². The molecule has 3 atom stereocenters. The lowest BCUT2D eigenvalue weighted by Crippen LogP contribution is -2.49. The molecule has 4 nitrogen and oxygen atoms in total. The van der Waals surface area contributed by atoms with Crippen LogP contribution in [0, 0.1) is 5.92 Å². The summed E-state index contributed by atoms with van der Waals surface area (Å²) in [5.41, 5.74) is 0. The average Bonchev–Trinajstić information content (AvgIpc) is 2.45. The minimum Gasteiger partial charge on any atom is -0.309 e. The SMILES string of the molecule is CCCCO[P@@](C)(=O)OC[C@H]1CCCN2CCCC[C@H]12. The molecule has 0 unspecified atom stereocenters. The Morgan fingerprint density at radius 1 is 1.15 bits per heavy atom. The van der Waals surface area contributed by atoms with Gasteiger partial charge >= 0.3 is 7.60 Å². The van der Waals surface area contributed by atoms with Gasteiger partial charge in [0, 0.05) is 12.7 Å². The van der Waals surface area contributed by atoms with Crippen LogP contribution in [0.2, 0.25) is 0 Å². The molecule has 0 aliphatic carbocycles. The zero-order valence-corrected chi connectivity index (χ0v) is 13.9. The van der Waals surface area contributed by atoms with E-state index < -0.39 is 7.60 Å². The van der Waals surface area contributed by atoms with Crippen LogP contribution in [0.1, 0.15) is 51.9 Å². The topological polar surface area (TPSA) is 38.8 Å². The molecule has 0 radical (unpaired) electrons. The largest absolute Gasteiger partial charge is 0.327 e. The van der Waals surface area contributed by atoms with E-state index in [2.05, 4.69) is 11.8 Å².